The van der Waals surface area contributed by atoms with E-state index in [-0.39, 0.29) is 24.5 Å². The van der Waals surface area contributed by atoms with Gasteiger partial charge in [0.15, 0.2) is 0 Å². The van der Waals surface area contributed by atoms with Gasteiger partial charge in [-0.3, -0.25) is 0 Å². The van der Waals surface area contributed by atoms with Crippen molar-refractivity contribution in [1.29, 1.82) is 5.26 Å². The average molecular weight is 300 g/mol. The zero-order valence-corrected chi connectivity index (χ0v) is 10.7. The van der Waals surface area contributed by atoms with E-state index in [4.69, 9.17) is 10.4 Å². The summed E-state index contributed by atoms with van der Waals surface area (Å²) in [5.74, 6) is -1.44. The van der Waals surface area contributed by atoms with Crippen LogP contribution in [0.25, 0.3) is 0 Å². The first-order valence-electron chi connectivity index (χ1n) is 6.03. The zero-order chi connectivity index (χ0) is 15.6. The number of pyridine rings is 1. The first-order chi connectivity index (χ1) is 9.84. The number of hydrogen-bond acceptors (Lipinski definition) is 5. The first-order valence-corrected chi connectivity index (χ1v) is 6.03. The Morgan fingerprint density at radius 3 is 2.81 bits per heavy atom. The van der Waals surface area contributed by atoms with Gasteiger partial charge in [-0.25, -0.2) is 9.78 Å². The van der Waals surface area contributed by atoms with E-state index in [1.54, 1.807) is 6.07 Å². The number of nitrogens with one attached hydrogen (secondary N) is 1. The molecule has 112 valence electrons. The monoisotopic (exact) mass is 300 g/mol. The van der Waals surface area contributed by atoms with E-state index in [1.807, 2.05) is 0 Å². The van der Waals surface area contributed by atoms with E-state index in [2.05, 4.69) is 10.3 Å². The molecular formula is C12H11F3N4O2. The molecule has 1 unspecified atom stereocenters. The molecule has 1 aliphatic heterocycles. The molecule has 2 heterocycles. The number of rotatable bonds is 2. The minimum absolute atomic E-state index is 0.0676. The van der Waals surface area contributed by atoms with Gasteiger partial charge in [0.1, 0.15) is 23.6 Å². The predicted octanol–water partition coefficient (Wildman–Crippen LogP) is 0.835. The fourth-order valence-electron chi connectivity index (χ4n) is 2.09. The van der Waals surface area contributed by atoms with E-state index < -0.39 is 23.9 Å². The van der Waals surface area contributed by atoms with Crippen molar-refractivity contribution >= 4 is 11.8 Å². The second-order valence-electron chi connectivity index (χ2n) is 4.43. The van der Waals surface area contributed by atoms with Crippen LogP contribution in [0, 0.1) is 11.3 Å². The van der Waals surface area contributed by atoms with E-state index in [0.29, 0.717) is 12.6 Å². The largest absolute Gasteiger partial charge is 0.480 e. The molecule has 0 aliphatic carbocycles. The molecule has 1 aliphatic rings. The lowest BCUT2D eigenvalue weighted by Crippen LogP contribution is -2.55. The predicted molar refractivity (Wildman–Crippen MR) is 65.6 cm³/mol. The summed E-state index contributed by atoms with van der Waals surface area (Å²) in [4.78, 5) is 15.9. The number of anilines is 1. The van der Waals surface area contributed by atoms with Crippen LogP contribution in [0.3, 0.4) is 0 Å². The smallest absolute Gasteiger partial charge is 0.433 e. The Balaban J connectivity index is 2.49. The number of halogens is 3. The maximum Gasteiger partial charge on any atom is 0.433 e. The molecule has 0 saturated carbocycles. The number of carboxylic acids is 1. The molecule has 1 atom stereocenters. The number of carbonyl (C=O) groups is 1. The van der Waals surface area contributed by atoms with Gasteiger partial charge >= 0.3 is 12.1 Å². The van der Waals surface area contributed by atoms with E-state index in [0.717, 1.165) is 6.07 Å². The molecule has 0 amide bonds. The van der Waals surface area contributed by atoms with Crippen molar-refractivity contribution in [3.63, 3.8) is 0 Å². The summed E-state index contributed by atoms with van der Waals surface area (Å²) in [6.45, 7) is 0.616. The van der Waals surface area contributed by atoms with Gasteiger partial charge in [-0.15, -0.1) is 0 Å². The molecule has 9 heteroatoms. The summed E-state index contributed by atoms with van der Waals surface area (Å²) < 4.78 is 38.2. The number of aliphatic carboxylic acids is 1. The van der Waals surface area contributed by atoms with Crippen molar-refractivity contribution in [1.82, 2.24) is 10.3 Å². The van der Waals surface area contributed by atoms with Gasteiger partial charge in [-0.05, 0) is 12.1 Å². The van der Waals surface area contributed by atoms with Gasteiger partial charge in [-0.1, -0.05) is 0 Å². The van der Waals surface area contributed by atoms with Crippen LogP contribution >= 0.6 is 0 Å². The fraction of sp³-hybridized carbons (Fsp3) is 0.417. The minimum atomic E-state index is -4.66. The number of aromatic nitrogens is 1. The summed E-state index contributed by atoms with van der Waals surface area (Å²) in [7, 11) is 0. The molecule has 0 spiro atoms. The molecule has 1 saturated heterocycles. The summed E-state index contributed by atoms with van der Waals surface area (Å²) in [5, 5.41) is 21.0. The fourth-order valence-corrected chi connectivity index (χ4v) is 2.09. The summed E-state index contributed by atoms with van der Waals surface area (Å²) in [6.07, 6.45) is -4.66. The number of nitrogens with zero attached hydrogens (tertiary/aromatic N) is 3. The summed E-state index contributed by atoms with van der Waals surface area (Å²) in [6, 6.07) is 2.39. The zero-order valence-electron chi connectivity index (χ0n) is 10.7. The van der Waals surface area contributed by atoms with Crippen LogP contribution in [0.1, 0.15) is 11.3 Å². The Labute approximate surface area is 117 Å². The van der Waals surface area contributed by atoms with Crippen LogP contribution in [0.2, 0.25) is 0 Å². The summed E-state index contributed by atoms with van der Waals surface area (Å²) in [5.41, 5.74) is -1.24. The molecule has 2 N–H and O–H groups in total. The summed E-state index contributed by atoms with van der Waals surface area (Å²) >= 11 is 0. The number of hydrogen-bond donors (Lipinski definition) is 2. The number of alkyl halides is 3. The third-order valence-corrected chi connectivity index (χ3v) is 3.09. The Morgan fingerprint density at radius 1 is 1.52 bits per heavy atom. The van der Waals surface area contributed by atoms with Gasteiger partial charge < -0.3 is 15.3 Å². The van der Waals surface area contributed by atoms with Crippen molar-refractivity contribution in [3.05, 3.63) is 23.4 Å². The van der Waals surface area contributed by atoms with Gasteiger partial charge in [-0.2, -0.15) is 18.4 Å². The number of piperazine rings is 1. The quantitative estimate of drug-likeness (QED) is 0.841. The minimum Gasteiger partial charge on any atom is -0.480 e. The SMILES string of the molecule is N#Cc1ccc(C(F)(F)F)nc1N1CCNCC1C(=O)O. The van der Waals surface area contributed by atoms with E-state index in [1.165, 1.54) is 4.90 Å². The lowest BCUT2D eigenvalue weighted by Gasteiger charge is -2.35. The maximum absolute atomic E-state index is 12.7. The van der Waals surface area contributed by atoms with E-state index in [9.17, 15) is 18.0 Å². The maximum atomic E-state index is 12.7. The molecule has 21 heavy (non-hydrogen) atoms. The van der Waals surface area contributed by atoms with Crippen LogP contribution in [0.4, 0.5) is 19.0 Å². The van der Waals surface area contributed by atoms with Crippen molar-refractivity contribution < 1.29 is 23.1 Å². The van der Waals surface area contributed by atoms with E-state index >= 15 is 0 Å². The number of nitriles is 1. The van der Waals surface area contributed by atoms with Crippen molar-refractivity contribution in [3.8, 4) is 6.07 Å². The molecule has 1 fully saturated rings. The topological polar surface area (TPSA) is 89.3 Å². The molecule has 1 aromatic rings. The Hall–Kier alpha value is -2.34. The Bertz CT molecular complexity index is 597. The van der Waals surface area contributed by atoms with Gasteiger partial charge in [0.25, 0.3) is 0 Å². The molecule has 0 bridgehead atoms. The molecule has 6 nitrogen and oxygen atoms in total. The van der Waals surface area contributed by atoms with Gasteiger partial charge in [0.2, 0.25) is 0 Å². The highest BCUT2D eigenvalue weighted by atomic mass is 19.4. The van der Waals surface area contributed by atoms with Crippen molar-refractivity contribution in [2.45, 2.75) is 12.2 Å². The lowest BCUT2D eigenvalue weighted by atomic mass is 10.1. The van der Waals surface area contributed by atoms with Gasteiger partial charge in [0.05, 0.1) is 5.56 Å². The van der Waals surface area contributed by atoms with Crippen LogP contribution in [-0.2, 0) is 11.0 Å². The molecule has 1 aromatic heterocycles. The third kappa shape index (κ3) is 3.05. The Morgan fingerprint density at radius 2 is 2.24 bits per heavy atom. The highest BCUT2D eigenvalue weighted by molar-refractivity contribution is 5.79. The van der Waals surface area contributed by atoms with Crippen LogP contribution < -0.4 is 10.2 Å². The highest BCUT2D eigenvalue weighted by Crippen LogP contribution is 2.31. The Kier molecular flexibility index (Phi) is 3.99. The highest BCUT2D eigenvalue weighted by Gasteiger charge is 2.36. The van der Waals surface area contributed by atoms with Crippen LogP contribution in [-0.4, -0.2) is 41.7 Å². The first kappa shape index (κ1) is 15.1. The lowest BCUT2D eigenvalue weighted by molar-refractivity contribution is -0.141. The third-order valence-electron chi connectivity index (χ3n) is 3.09. The van der Waals surface area contributed by atoms with Crippen molar-refractivity contribution in [2.75, 3.05) is 24.5 Å². The second kappa shape index (κ2) is 5.57. The second-order valence-corrected chi connectivity index (χ2v) is 4.43. The molecular weight excluding hydrogens is 289 g/mol. The normalized spacial score (nSPS) is 19.1. The molecule has 2 rings (SSSR count). The standard InChI is InChI=1S/C12H11F3N4O2/c13-12(14,15)9-2-1-7(5-16)10(18-9)19-4-3-17-6-8(19)11(20)21/h1-2,8,17H,3-4,6H2,(H,20,21). The van der Waals surface area contributed by atoms with Crippen LogP contribution in [0.15, 0.2) is 12.1 Å². The average Bonchev–Trinajstić information content (AvgIpc) is 2.45. The van der Waals surface area contributed by atoms with Gasteiger partial charge in [0, 0.05) is 19.6 Å². The molecule has 0 aromatic carbocycles. The van der Waals surface area contributed by atoms with Crippen molar-refractivity contribution in [2.24, 2.45) is 0 Å². The van der Waals surface area contributed by atoms with Crippen LogP contribution in [0.5, 0.6) is 0 Å². The molecule has 0 radical (unpaired) electrons. The number of carboxylic acid groups (broad SMARTS) is 1.